The highest BCUT2D eigenvalue weighted by atomic mass is 16.6. The Hall–Kier alpha value is -2.08. The van der Waals surface area contributed by atoms with E-state index in [1.165, 1.54) is 0 Å². The minimum absolute atomic E-state index is 0.0282. The summed E-state index contributed by atoms with van der Waals surface area (Å²) in [7, 11) is 0. The lowest BCUT2D eigenvalue weighted by Gasteiger charge is -2.31. The van der Waals surface area contributed by atoms with Crippen LogP contribution in [0, 0.1) is 0 Å². The predicted octanol–water partition coefficient (Wildman–Crippen LogP) is 1.50. The summed E-state index contributed by atoms with van der Waals surface area (Å²) in [6, 6.07) is 7.12. The summed E-state index contributed by atoms with van der Waals surface area (Å²) in [5, 5.41) is 0. The minimum atomic E-state index is -0.361. The Kier molecular flexibility index (Phi) is 3.79. The topological polar surface area (TPSA) is 59.1 Å². The van der Waals surface area contributed by atoms with Crippen molar-refractivity contribution >= 4 is 17.7 Å². The first kappa shape index (κ1) is 13.9. The van der Waals surface area contributed by atoms with Crippen molar-refractivity contribution in [3.63, 3.8) is 0 Å². The second-order valence-electron chi connectivity index (χ2n) is 5.25. The molecule has 1 unspecified atom stereocenters. The van der Waals surface area contributed by atoms with E-state index in [4.69, 9.17) is 9.47 Å². The number of carbonyl (C=O) groups is 2. The molecule has 0 saturated carbocycles. The first-order valence-electron chi connectivity index (χ1n) is 7.10. The van der Waals surface area contributed by atoms with Gasteiger partial charge in [-0.25, -0.2) is 4.79 Å². The number of benzene rings is 1. The van der Waals surface area contributed by atoms with E-state index in [1.807, 2.05) is 13.0 Å². The van der Waals surface area contributed by atoms with E-state index in [-0.39, 0.29) is 18.1 Å². The van der Waals surface area contributed by atoms with Crippen LogP contribution >= 0.6 is 0 Å². The fraction of sp³-hybridized carbons (Fsp3) is 0.467. The maximum Gasteiger partial charge on any atom is 0.414 e. The van der Waals surface area contributed by atoms with Gasteiger partial charge in [0.05, 0.1) is 19.3 Å². The van der Waals surface area contributed by atoms with Crippen LogP contribution in [0.5, 0.6) is 0 Å². The Balaban J connectivity index is 1.79. The van der Waals surface area contributed by atoms with Gasteiger partial charge in [0.2, 0.25) is 0 Å². The van der Waals surface area contributed by atoms with Crippen LogP contribution in [0.3, 0.4) is 0 Å². The summed E-state index contributed by atoms with van der Waals surface area (Å²) < 4.78 is 10.4. The molecule has 112 valence electrons. The van der Waals surface area contributed by atoms with Gasteiger partial charge in [0.15, 0.2) is 0 Å². The molecule has 1 atom stereocenters. The van der Waals surface area contributed by atoms with Crippen molar-refractivity contribution in [1.82, 2.24) is 4.90 Å². The average Bonchev–Trinajstić information content (AvgIpc) is 2.93. The summed E-state index contributed by atoms with van der Waals surface area (Å²) in [5.41, 5.74) is 1.28. The molecular weight excluding hydrogens is 272 g/mol. The summed E-state index contributed by atoms with van der Waals surface area (Å²) in [6.45, 7) is 4.61. The van der Waals surface area contributed by atoms with Crippen molar-refractivity contribution in [2.24, 2.45) is 0 Å². The number of ether oxygens (including phenoxy) is 2. The molecule has 6 heteroatoms. The quantitative estimate of drug-likeness (QED) is 0.828. The number of carbonyl (C=O) groups excluding carboxylic acids is 2. The van der Waals surface area contributed by atoms with Gasteiger partial charge in [0.1, 0.15) is 6.61 Å². The van der Waals surface area contributed by atoms with Crippen LogP contribution in [0.2, 0.25) is 0 Å². The number of hydrogen-bond donors (Lipinski definition) is 0. The van der Waals surface area contributed by atoms with E-state index >= 15 is 0 Å². The lowest BCUT2D eigenvalue weighted by Crippen LogP contribution is -2.44. The third-order valence-corrected chi connectivity index (χ3v) is 3.69. The van der Waals surface area contributed by atoms with Crippen molar-refractivity contribution in [1.29, 1.82) is 0 Å². The first-order chi connectivity index (χ1) is 10.1. The zero-order valence-corrected chi connectivity index (χ0v) is 11.9. The molecule has 3 rings (SSSR count). The fourth-order valence-electron chi connectivity index (χ4n) is 2.62. The SMILES string of the molecule is CC1CN(C(=O)c2cccc(N3CCOC3=O)c2)CCO1. The smallest absolute Gasteiger partial charge is 0.414 e. The first-order valence-corrected chi connectivity index (χ1v) is 7.10. The van der Waals surface area contributed by atoms with E-state index in [0.717, 1.165) is 0 Å². The maximum absolute atomic E-state index is 12.5. The largest absolute Gasteiger partial charge is 0.447 e. The second-order valence-corrected chi connectivity index (χ2v) is 5.25. The molecule has 0 aromatic heterocycles. The molecule has 2 aliphatic heterocycles. The standard InChI is InChI=1S/C15H18N2O4/c1-11-10-16(5-7-20-11)14(18)12-3-2-4-13(9-12)17-6-8-21-15(17)19/h2-4,9,11H,5-8,10H2,1H3. The van der Waals surface area contributed by atoms with Gasteiger partial charge in [-0.2, -0.15) is 0 Å². The van der Waals surface area contributed by atoms with Crippen LogP contribution in [0.15, 0.2) is 24.3 Å². The summed E-state index contributed by atoms with van der Waals surface area (Å²) >= 11 is 0. The van der Waals surface area contributed by atoms with Gasteiger partial charge in [-0.1, -0.05) is 6.07 Å². The number of hydrogen-bond acceptors (Lipinski definition) is 4. The number of anilines is 1. The number of cyclic esters (lactones) is 1. The predicted molar refractivity (Wildman–Crippen MR) is 76.5 cm³/mol. The Morgan fingerprint density at radius 1 is 1.29 bits per heavy atom. The van der Waals surface area contributed by atoms with Crippen molar-refractivity contribution in [2.75, 3.05) is 37.7 Å². The summed E-state index contributed by atoms with van der Waals surface area (Å²) in [5.74, 6) is -0.0282. The van der Waals surface area contributed by atoms with Gasteiger partial charge in [0.25, 0.3) is 5.91 Å². The van der Waals surface area contributed by atoms with Crippen LogP contribution in [0.1, 0.15) is 17.3 Å². The molecule has 0 N–H and O–H groups in total. The van der Waals surface area contributed by atoms with Crippen LogP contribution < -0.4 is 4.90 Å². The zero-order valence-electron chi connectivity index (χ0n) is 11.9. The number of amides is 2. The van der Waals surface area contributed by atoms with Gasteiger partial charge in [-0.3, -0.25) is 9.69 Å². The summed E-state index contributed by atoms with van der Waals surface area (Å²) in [6.07, 6.45) is -0.306. The fourth-order valence-corrected chi connectivity index (χ4v) is 2.62. The van der Waals surface area contributed by atoms with E-state index in [1.54, 1.807) is 28.0 Å². The molecule has 0 bridgehead atoms. The Labute approximate surface area is 123 Å². The highest BCUT2D eigenvalue weighted by molar-refractivity contribution is 5.97. The molecule has 2 heterocycles. The van der Waals surface area contributed by atoms with Crippen LogP contribution in [0.4, 0.5) is 10.5 Å². The van der Waals surface area contributed by atoms with Crippen LogP contribution in [-0.2, 0) is 9.47 Å². The number of rotatable bonds is 2. The third kappa shape index (κ3) is 2.85. The van der Waals surface area contributed by atoms with E-state index in [2.05, 4.69) is 0 Å². The molecule has 2 saturated heterocycles. The minimum Gasteiger partial charge on any atom is -0.447 e. The second kappa shape index (κ2) is 5.73. The molecule has 0 radical (unpaired) electrons. The molecule has 0 spiro atoms. The van der Waals surface area contributed by atoms with Gasteiger partial charge in [-0.15, -0.1) is 0 Å². The summed E-state index contributed by atoms with van der Waals surface area (Å²) in [4.78, 5) is 27.4. The Morgan fingerprint density at radius 2 is 2.14 bits per heavy atom. The molecule has 21 heavy (non-hydrogen) atoms. The molecule has 1 aromatic carbocycles. The van der Waals surface area contributed by atoms with Gasteiger partial charge in [-0.05, 0) is 25.1 Å². The zero-order chi connectivity index (χ0) is 14.8. The molecule has 6 nitrogen and oxygen atoms in total. The van der Waals surface area contributed by atoms with Crippen LogP contribution in [0.25, 0.3) is 0 Å². The third-order valence-electron chi connectivity index (χ3n) is 3.69. The van der Waals surface area contributed by atoms with Crippen molar-refractivity contribution in [3.8, 4) is 0 Å². The van der Waals surface area contributed by atoms with Crippen molar-refractivity contribution < 1.29 is 19.1 Å². The highest BCUT2D eigenvalue weighted by Crippen LogP contribution is 2.21. The van der Waals surface area contributed by atoms with Gasteiger partial charge in [0, 0.05) is 24.3 Å². The average molecular weight is 290 g/mol. The molecule has 1 aromatic rings. The number of morpholine rings is 1. The lowest BCUT2D eigenvalue weighted by atomic mass is 10.1. The van der Waals surface area contributed by atoms with E-state index in [9.17, 15) is 9.59 Å². The molecule has 2 amide bonds. The molecule has 2 fully saturated rings. The van der Waals surface area contributed by atoms with E-state index in [0.29, 0.717) is 44.1 Å². The van der Waals surface area contributed by atoms with Gasteiger partial charge < -0.3 is 14.4 Å². The van der Waals surface area contributed by atoms with Crippen molar-refractivity contribution in [2.45, 2.75) is 13.0 Å². The van der Waals surface area contributed by atoms with E-state index < -0.39 is 0 Å². The highest BCUT2D eigenvalue weighted by Gasteiger charge is 2.26. The molecule has 2 aliphatic rings. The lowest BCUT2D eigenvalue weighted by molar-refractivity contribution is -0.0124. The monoisotopic (exact) mass is 290 g/mol. The Bertz CT molecular complexity index is 560. The van der Waals surface area contributed by atoms with Crippen LogP contribution in [-0.4, -0.2) is 55.9 Å². The Morgan fingerprint density at radius 3 is 2.86 bits per heavy atom. The normalized spacial score (nSPS) is 22.3. The maximum atomic E-state index is 12.5. The molecular formula is C15H18N2O4. The van der Waals surface area contributed by atoms with Crippen molar-refractivity contribution in [3.05, 3.63) is 29.8 Å². The number of nitrogens with zero attached hydrogens (tertiary/aromatic N) is 2. The van der Waals surface area contributed by atoms with Gasteiger partial charge >= 0.3 is 6.09 Å². The molecule has 0 aliphatic carbocycles.